The van der Waals surface area contributed by atoms with Gasteiger partial charge in [0.25, 0.3) is 0 Å². The fourth-order valence-corrected chi connectivity index (χ4v) is 5.94. The average molecular weight is 451 g/mol. The van der Waals surface area contributed by atoms with E-state index in [0.29, 0.717) is 29.5 Å². The van der Waals surface area contributed by atoms with E-state index in [-0.39, 0.29) is 23.5 Å². The first-order valence-corrected chi connectivity index (χ1v) is 11.0. The molecular formula is C19H19BrN2O4S. The van der Waals surface area contributed by atoms with Crippen molar-refractivity contribution in [3.05, 3.63) is 52.0 Å². The lowest BCUT2D eigenvalue weighted by Crippen LogP contribution is -2.42. The molecule has 2 heterocycles. The number of fused-ring (bicyclic) bond motifs is 2. The van der Waals surface area contributed by atoms with Crippen LogP contribution in [0.3, 0.4) is 0 Å². The minimum atomic E-state index is -3.78. The molecule has 0 aliphatic carbocycles. The number of para-hydroxylation sites is 1. The maximum Gasteiger partial charge on any atom is 0.242 e. The molecular weight excluding hydrogens is 432 g/mol. The molecule has 0 aromatic heterocycles. The quantitative estimate of drug-likeness (QED) is 0.779. The van der Waals surface area contributed by atoms with Crippen LogP contribution >= 0.6 is 15.9 Å². The highest BCUT2D eigenvalue weighted by Gasteiger charge is 2.30. The van der Waals surface area contributed by atoms with Crippen LogP contribution in [0.25, 0.3) is 0 Å². The molecule has 0 saturated carbocycles. The Hall–Kier alpha value is -1.90. The standard InChI is InChI=1S/C19H19BrN2O4S/c1-12(23)22-7-6-13-9-16(20)19(10-17(13)22)27(24,25)21-15-8-14-4-2-3-5-18(14)26-11-15/h2-5,9-10,15,21H,6-8,11H2,1H3/t15-/m1/s1. The minimum absolute atomic E-state index is 0.0929. The van der Waals surface area contributed by atoms with Crippen LogP contribution in [0.1, 0.15) is 18.1 Å². The number of nitrogens with one attached hydrogen (secondary N) is 1. The molecule has 142 valence electrons. The van der Waals surface area contributed by atoms with E-state index in [2.05, 4.69) is 20.7 Å². The number of nitrogens with zero attached hydrogens (tertiary/aromatic N) is 1. The number of ether oxygens (including phenoxy) is 1. The summed E-state index contributed by atoms with van der Waals surface area (Å²) in [6, 6.07) is 10.6. The van der Waals surface area contributed by atoms with E-state index < -0.39 is 10.0 Å². The lowest BCUT2D eigenvalue weighted by Gasteiger charge is -2.26. The molecule has 1 N–H and O–H groups in total. The largest absolute Gasteiger partial charge is 0.492 e. The number of carbonyl (C=O) groups is 1. The van der Waals surface area contributed by atoms with Crippen LogP contribution in [-0.4, -0.2) is 33.5 Å². The summed E-state index contributed by atoms with van der Waals surface area (Å²) in [5, 5.41) is 0. The Kier molecular flexibility index (Phi) is 4.73. The zero-order valence-electron chi connectivity index (χ0n) is 14.7. The molecule has 8 heteroatoms. The Labute approximate surface area is 166 Å². The van der Waals surface area contributed by atoms with Crippen LogP contribution < -0.4 is 14.4 Å². The van der Waals surface area contributed by atoms with E-state index in [9.17, 15) is 13.2 Å². The number of amides is 1. The fourth-order valence-electron chi connectivity index (χ4n) is 3.61. The van der Waals surface area contributed by atoms with E-state index >= 15 is 0 Å². The first kappa shape index (κ1) is 18.5. The van der Waals surface area contributed by atoms with Crippen molar-refractivity contribution < 1.29 is 17.9 Å². The number of anilines is 1. The van der Waals surface area contributed by atoms with E-state index in [1.54, 1.807) is 17.0 Å². The van der Waals surface area contributed by atoms with Crippen LogP contribution in [-0.2, 0) is 27.7 Å². The van der Waals surface area contributed by atoms with Gasteiger partial charge in [0.2, 0.25) is 15.9 Å². The molecule has 0 fully saturated rings. The topological polar surface area (TPSA) is 75.7 Å². The summed E-state index contributed by atoms with van der Waals surface area (Å²) in [6.45, 7) is 2.33. The average Bonchev–Trinajstić information content (AvgIpc) is 3.03. The van der Waals surface area contributed by atoms with Gasteiger partial charge < -0.3 is 9.64 Å². The third-order valence-electron chi connectivity index (χ3n) is 4.90. The number of hydrogen-bond acceptors (Lipinski definition) is 4. The van der Waals surface area contributed by atoms with E-state index in [1.807, 2.05) is 24.3 Å². The lowest BCUT2D eigenvalue weighted by atomic mass is 10.0. The van der Waals surface area contributed by atoms with Gasteiger partial charge in [-0.3, -0.25) is 4.79 Å². The van der Waals surface area contributed by atoms with Crippen LogP contribution in [0.2, 0.25) is 0 Å². The molecule has 27 heavy (non-hydrogen) atoms. The second-order valence-electron chi connectivity index (χ2n) is 6.77. The Morgan fingerprint density at radius 3 is 2.81 bits per heavy atom. The summed E-state index contributed by atoms with van der Waals surface area (Å²) in [4.78, 5) is 13.6. The second kappa shape index (κ2) is 6.92. The molecule has 0 saturated heterocycles. The van der Waals surface area contributed by atoms with Gasteiger partial charge in [-0.05, 0) is 58.1 Å². The number of rotatable bonds is 3. The highest BCUT2D eigenvalue weighted by Crippen LogP contribution is 2.35. The maximum atomic E-state index is 13.0. The molecule has 0 bridgehead atoms. The van der Waals surface area contributed by atoms with Gasteiger partial charge in [0, 0.05) is 23.6 Å². The highest BCUT2D eigenvalue weighted by molar-refractivity contribution is 9.10. The molecule has 0 spiro atoms. The van der Waals surface area contributed by atoms with Crippen molar-refractivity contribution in [2.45, 2.75) is 30.7 Å². The molecule has 6 nitrogen and oxygen atoms in total. The Balaban J connectivity index is 1.62. The number of halogens is 1. The van der Waals surface area contributed by atoms with Gasteiger partial charge in [0.1, 0.15) is 12.4 Å². The zero-order valence-corrected chi connectivity index (χ0v) is 17.1. The maximum absolute atomic E-state index is 13.0. The molecule has 1 atom stereocenters. The molecule has 0 radical (unpaired) electrons. The van der Waals surface area contributed by atoms with Crippen molar-refractivity contribution in [1.82, 2.24) is 4.72 Å². The molecule has 0 unspecified atom stereocenters. The van der Waals surface area contributed by atoms with Gasteiger partial charge in [0.15, 0.2) is 0 Å². The van der Waals surface area contributed by atoms with Crippen LogP contribution in [0.15, 0.2) is 45.8 Å². The van der Waals surface area contributed by atoms with Crippen LogP contribution in [0, 0.1) is 0 Å². The molecule has 2 aliphatic heterocycles. The van der Waals surface area contributed by atoms with Gasteiger partial charge in [-0.2, -0.15) is 0 Å². The third-order valence-corrected chi connectivity index (χ3v) is 7.38. The summed E-state index contributed by atoms with van der Waals surface area (Å²) in [7, 11) is -3.78. The predicted molar refractivity (Wildman–Crippen MR) is 106 cm³/mol. The lowest BCUT2D eigenvalue weighted by molar-refractivity contribution is -0.116. The van der Waals surface area contributed by atoms with Crippen molar-refractivity contribution in [1.29, 1.82) is 0 Å². The first-order chi connectivity index (χ1) is 12.8. The Bertz CT molecular complexity index is 1020. The predicted octanol–water partition coefficient (Wildman–Crippen LogP) is 2.64. The molecule has 2 aromatic carbocycles. The molecule has 4 rings (SSSR count). The number of carbonyl (C=O) groups excluding carboxylic acids is 1. The van der Waals surface area contributed by atoms with Gasteiger partial charge >= 0.3 is 0 Å². The van der Waals surface area contributed by atoms with E-state index in [0.717, 1.165) is 16.9 Å². The summed E-state index contributed by atoms with van der Waals surface area (Å²) in [5.74, 6) is 0.702. The SMILES string of the molecule is CC(=O)N1CCc2cc(Br)c(S(=O)(=O)N[C@H]3COc4ccccc4C3)cc21. The van der Waals surface area contributed by atoms with Crippen LogP contribution in [0.4, 0.5) is 5.69 Å². The van der Waals surface area contributed by atoms with Crippen molar-refractivity contribution in [2.24, 2.45) is 0 Å². The van der Waals surface area contributed by atoms with Crippen molar-refractivity contribution in [2.75, 3.05) is 18.1 Å². The van der Waals surface area contributed by atoms with Gasteiger partial charge in [-0.15, -0.1) is 0 Å². The van der Waals surface area contributed by atoms with Gasteiger partial charge in [-0.1, -0.05) is 18.2 Å². The number of sulfonamides is 1. The normalized spacial score (nSPS) is 18.6. The second-order valence-corrected chi connectivity index (χ2v) is 9.31. The summed E-state index contributed by atoms with van der Waals surface area (Å²) >= 11 is 3.38. The fraction of sp³-hybridized carbons (Fsp3) is 0.316. The van der Waals surface area contributed by atoms with E-state index in [4.69, 9.17) is 4.74 Å². The van der Waals surface area contributed by atoms with Crippen LogP contribution in [0.5, 0.6) is 5.75 Å². The first-order valence-electron chi connectivity index (χ1n) is 8.69. The smallest absolute Gasteiger partial charge is 0.242 e. The van der Waals surface area contributed by atoms with Crippen molar-refractivity contribution >= 4 is 37.5 Å². The summed E-state index contributed by atoms with van der Waals surface area (Å²) in [6.07, 6.45) is 1.28. The minimum Gasteiger partial charge on any atom is -0.492 e. The zero-order chi connectivity index (χ0) is 19.2. The highest BCUT2D eigenvalue weighted by atomic mass is 79.9. The summed E-state index contributed by atoms with van der Waals surface area (Å²) < 4.78 is 34.9. The van der Waals surface area contributed by atoms with Gasteiger partial charge in [0.05, 0.1) is 10.9 Å². The third kappa shape index (κ3) is 3.49. The van der Waals surface area contributed by atoms with Crippen molar-refractivity contribution in [3.8, 4) is 5.75 Å². The van der Waals surface area contributed by atoms with Gasteiger partial charge in [-0.25, -0.2) is 13.1 Å². The Morgan fingerprint density at radius 2 is 2.04 bits per heavy atom. The summed E-state index contributed by atoms with van der Waals surface area (Å²) in [5.41, 5.74) is 2.61. The number of hydrogen-bond donors (Lipinski definition) is 1. The molecule has 2 aromatic rings. The monoisotopic (exact) mass is 450 g/mol. The number of benzene rings is 2. The molecule has 2 aliphatic rings. The Morgan fingerprint density at radius 1 is 1.26 bits per heavy atom. The van der Waals surface area contributed by atoms with Crippen molar-refractivity contribution in [3.63, 3.8) is 0 Å². The molecule has 1 amide bonds. The van der Waals surface area contributed by atoms with E-state index in [1.165, 1.54) is 6.92 Å².